The summed E-state index contributed by atoms with van der Waals surface area (Å²) >= 11 is 5.76. The second-order valence-electron chi connectivity index (χ2n) is 5.16. The zero-order chi connectivity index (χ0) is 17.7. The van der Waals surface area contributed by atoms with Crippen molar-refractivity contribution in [2.24, 2.45) is 0 Å². The van der Waals surface area contributed by atoms with Gasteiger partial charge in [0.2, 0.25) is 0 Å². The van der Waals surface area contributed by atoms with Gasteiger partial charge in [0.15, 0.2) is 6.61 Å². The fourth-order valence-electron chi connectivity index (χ4n) is 1.94. The lowest BCUT2D eigenvalue weighted by Gasteiger charge is -2.13. The van der Waals surface area contributed by atoms with E-state index in [0.29, 0.717) is 5.69 Å². The van der Waals surface area contributed by atoms with Gasteiger partial charge in [0.1, 0.15) is 11.4 Å². The molecular formula is C17H16ClFN2O3. The molecule has 0 saturated heterocycles. The van der Waals surface area contributed by atoms with Gasteiger partial charge in [-0.2, -0.15) is 0 Å². The van der Waals surface area contributed by atoms with E-state index in [1.165, 1.54) is 12.1 Å². The molecule has 0 aliphatic rings. The Labute approximate surface area is 144 Å². The number of esters is 1. The molecule has 5 nitrogen and oxygen atoms in total. The van der Waals surface area contributed by atoms with Gasteiger partial charge in [-0.15, -0.1) is 0 Å². The van der Waals surface area contributed by atoms with Crippen molar-refractivity contribution in [1.29, 1.82) is 0 Å². The first-order valence-electron chi connectivity index (χ1n) is 7.07. The Kier molecular flexibility index (Phi) is 5.76. The fourth-order valence-corrected chi connectivity index (χ4v) is 2.18. The smallest absolute Gasteiger partial charge is 0.343 e. The molecule has 126 valence electrons. The molecule has 0 saturated carbocycles. The standard InChI is InChI=1S/C17H16ClFN2O3/c1-21(2)12-8-6-11(7-9-12)20-15(22)10-24-17(23)16-13(18)4-3-5-14(16)19/h3-9H,10H2,1-2H3,(H,20,22). The summed E-state index contributed by atoms with van der Waals surface area (Å²) in [5.41, 5.74) is 1.15. The van der Waals surface area contributed by atoms with Crippen molar-refractivity contribution in [1.82, 2.24) is 0 Å². The number of hydrogen-bond acceptors (Lipinski definition) is 4. The highest BCUT2D eigenvalue weighted by Crippen LogP contribution is 2.20. The van der Waals surface area contributed by atoms with Gasteiger partial charge < -0.3 is 15.0 Å². The van der Waals surface area contributed by atoms with Crippen LogP contribution in [0.2, 0.25) is 5.02 Å². The topological polar surface area (TPSA) is 58.6 Å². The summed E-state index contributed by atoms with van der Waals surface area (Å²) in [5, 5.41) is 2.51. The van der Waals surface area contributed by atoms with Gasteiger partial charge in [0.25, 0.3) is 5.91 Å². The zero-order valence-electron chi connectivity index (χ0n) is 13.2. The molecule has 0 fully saturated rings. The number of carbonyl (C=O) groups is 2. The van der Waals surface area contributed by atoms with Crippen LogP contribution in [0.3, 0.4) is 0 Å². The molecule has 24 heavy (non-hydrogen) atoms. The van der Waals surface area contributed by atoms with E-state index in [-0.39, 0.29) is 10.6 Å². The quantitative estimate of drug-likeness (QED) is 0.840. The molecule has 2 aromatic rings. The van der Waals surface area contributed by atoms with E-state index >= 15 is 0 Å². The van der Waals surface area contributed by atoms with Crippen molar-refractivity contribution in [3.8, 4) is 0 Å². The Morgan fingerprint density at radius 2 is 1.83 bits per heavy atom. The summed E-state index contributed by atoms with van der Waals surface area (Å²) in [4.78, 5) is 25.6. The van der Waals surface area contributed by atoms with Gasteiger partial charge in [0, 0.05) is 25.5 Å². The molecule has 0 aliphatic carbocycles. The summed E-state index contributed by atoms with van der Waals surface area (Å²) in [6, 6.07) is 11.0. The van der Waals surface area contributed by atoms with Gasteiger partial charge in [-0.05, 0) is 36.4 Å². The number of amides is 1. The number of halogens is 2. The van der Waals surface area contributed by atoms with Crippen molar-refractivity contribution in [2.75, 3.05) is 30.9 Å². The van der Waals surface area contributed by atoms with E-state index in [1.807, 2.05) is 31.1 Å². The maximum atomic E-state index is 13.6. The maximum Gasteiger partial charge on any atom is 0.343 e. The molecule has 7 heteroatoms. The minimum absolute atomic E-state index is 0.0697. The zero-order valence-corrected chi connectivity index (χ0v) is 13.9. The summed E-state index contributed by atoms with van der Waals surface area (Å²) in [6.45, 7) is -0.543. The van der Waals surface area contributed by atoms with Crippen LogP contribution in [-0.2, 0) is 9.53 Å². The van der Waals surface area contributed by atoms with Gasteiger partial charge in [-0.1, -0.05) is 17.7 Å². The average molecular weight is 351 g/mol. The minimum atomic E-state index is -0.990. The molecule has 0 unspecified atom stereocenters. The first kappa shape index (κ1) is 17.7. The molecule has 2 rings (SSSR count). The van der Waals surface area contributed by atoms with Crippen LogP contribution >= 0.6 is 11.6 Å². The van der Waals surface area contributed by atoms with E-state index < -0.39 is 24.3 Å². The third-order valence-corrected chi connectivity index (χ3v) is 3.48. The van der Waals surface area contributed by atoms with Crippen LogP contribution in [-0.4, -0.2) is 32.6 Å². The van der Waals surface area contributed by atoms with Crippen LogP contribution in [0.1, 0.15) is 10.4 Å². The second kappa shape index (κ2) is 7.79. The number of ether oxygens (including phenoxy) is 1. The third kappa shape index (κ3) is 4.45. The number of rotatable bonds is 5. The normalized spacial score (nSPS) is 10.2. The van der Waals surface area contributed by atoms with Gasteiger partial charge >= 0.3 is 5.97 Å². The highest BCUT2D eigenvalue weighted by molar-refractivity contribution is 6.33. The minimum Gasteiger partial charge on any atom is -0.452 e. The molecule has 0 radical (unpaired) electrons. The van der Waals surface area contributed by atoms with Crippen LogP contribution < -0.4 is 10.2 Å². The van der Waals surface area contributed by atoms with Crippen molar-refractivity contribution in [2.45, 2.75) is 0 Å². The van der Waals surface area contributed by atoms with Gasteiger partial charge in [0.05, 0.1) is 5.02 Å². The number of nitrogens with one attached hydrogen (secondary N) is 1. The number of anilines is 2. The van der Waals surface area contributed by atoms with Crippen molar-refractivity contribution in [3.63, 3.8) is 0 Å². The second-order valence-corrected chi connectivity index (χ2v) is 5.57. The summed E-state index contributed by atoms with van der Waals surface area (Å²) in [5.74, 6) is -2.32. The van der Waals surface area contributed by atoms with Crippen molar-refractivity contribution in [3.05, 3.63) is 58.9 Å². The first-order chi connectivity index (χ1) is 11.4. The molecule has 1 amide bonds. The summed E-state index contributed by atoms with van der Waals surface area (Å²) < 4.78 is 18.4. The predicted octanol–water partition coefficient (Wildman–Crippen LogP) is 3.34. The summed E-state index contributed by atoms with van der Waals surface area (Å²) in [7, 11) is 3.81. The van der Waals surface area contributed by atoms with Crippen molar-refractivity contribution < 1.29 is 18.7 Å². The largest absolute Gasteiger partial charge is 0.452 e. The lowest BCUT2D eigenvalue weighted by Crippen LogP contribution is -2.21. The van der Waals surface area contributed by atoms with Crippen LogP contribution in [0.5, 0.6) is 0 Å². The van der Waals surface area contributed by atoms with Crippen LogP contribution in [0.25, 0.3) is 0 Å². The highest BCUT2D eigenvalue weighted by Gasteiger charge is 2.18. The lowest BCUT2D eigenvalue weighted by molar-refractivity contribution is -0.119. The Morgan fingerprint density at radius 3 is 2.42 bits per heavy atom. The molecular weight excluding hydrogens is 335 g/mol. The third-order valence-electron chi connectivity index (χ3n) is 3.17. The number of benzene rings is 2. The molecule has 0 heterocycles. The molecule has 2 aromatic carbocycles. The summed E-state index contributed by atoms with van der Waals surface area (Å²) in [6.07, 6.45) is 0. The van der Waals surface area contributed by atoms with E-state index in [0.717, 1.165) is 11.8 Å². The Morgan fingerprint density at radius 1 is 1.17 bits per heavy atom. The number of carbonyl (C=O) groups excluding carboxylic acids is 2. The maximum absolute atomic E-state index is 13.6. The molecule has 0 bridgehead atoms. The van der Waals surface area contributed by atoms with Crippen LogP contribution in [0.15, 0.2) is 42.5 Å². The Hall–Kier alpha value is -2.60. The van der Waals surface area contributed by atoms with Gasteiger partial charge in [-0.25, -0.2) is 9.18 Å². The number of nitrogens with zero attached hydrogens (tertiary/aromatic N) is 1. The fraction of sp³-hybridized carbons (Fsp3) is 0.176. The predicted molar refractivity (Wildman–Crippen MR) is 91.1 cm³/mol. The lowest BCUT2D eigenvalue weighted by atomic mass is 10.2. The van der Waals surface area contributed by atoms with E-state index in [4.69, 9.17) is 16.3 Å². The van der Waals surface area contributed by atoms with Crippen molar-refractivity contribution >= 4 is 34.9 Å². The van der Waals surface area contributed by atoms with Crippen LogP contribution in [0.4, 0.5) is 15.8 Å². The van der Waals surface area contributed by atoms with Crippen LogP contribution in [0, 0.1) is 5.82 Å². The Bertz CT molecular complexity index is 728. The molecule has 1 N–H and O–H groups in total. The molecule has 0 atom stereocenters. The van der Waals surface area contributed by atoms with E-state index in [1.54, 1.807) is 12.1 Å². The van der Waals surface area contributed by atoms with E-state index in [9.17, 15) is 14.0 Å². The Balaban J connectivity index is 1.92. The SMILES string of the molecule is CN(C)c1ccc(NC(=O)COC(=O)c2c(F)cccc2Cl)cc1. The average Bonchev–Trinajstić information content (AvgIpc) is 2.53. The number of hydrogen-bond donors (Lipinski definition) is 1. The molecule has 0 aliphatic heterocycles. The monoisotopic (exact) mass is 350 g/mol. The first-order valence-corrected chi connectivity index (χ1v) is 7.44. The van der Waals surface area contributed by atoms with E-state index in [2.05, 4.69) is 5.32 Å². The molecule has 0 spiro atoms. The highest BCUT2D eigenvalue weighted by atomic mass is 35.5. The van der Waals surface area contributed by atoms with Gasteiger partial charge in [-0.3, -0.25) is 4.79 Å². The molecule has 0 aromatic heterocycles.